The van der Waals surface area contributed by atoms with Gasteiger partial charge in [0, 0.05) is 17.4 Å². The third-order valence-corrected chi connectivity index (χ3v) is 4.65. The van der Waals surface area contributed by atoms with Gasteiger partial charge in [0.25, 0.3) is 0 Å². The lowest BCUT2D eigenvalue weighted by Crippen LogP contribution is -2.22. The maximum atomic E-state index is 13.1. The molecule has 0 fully saturated rings. The molecule has 0 amide bonds. The van der Waals surface area contributed by atoms with E-state index in [2.05, 4.69) is 4.98 Å². The summed E-state index contributed by atoms with van der Waals surface area (Å²) in [6.07, 6.45) is -4.58. The number of nitrogens with zero attached hydrogens (tertiary/aromatic N) is 1. The minimum absolute atomic E-state index is 0.0286. The summed E-state index contributed by atoms with van der Waals surface area (Å²) >= 11 is 1.00. The highest BCUT2D eigenvalue weighted by molar-refractivity contribution is 7.09. The molecule has 3 aromatic rings. The predicted octanol–water partition coefficient (Wildman–Crippen LogP) is 3.83. The summed E-state index contributed by atoms with van der Waals surface area (Å²) in [6, 6.07) is 8.57. The standard InChI is InChI=1S/C19H13F4NO3S/c20-14-4-1-11(2-5-14)9-27-16-6-3-13(19(21,22)23)7-12(16)8-17-24-15(10-28-17)18(25)26/h1-7,10H,8-9H2,(H,25,26)/p-1. The maximum Gasteiger partial charge on any atom is 0.416 e. The topological polar surface area (TPSA) is 62.2 Å². The van der Waals surface area contributed by atoms with Crippen LogP contribution in [0.1, 0.15) is 32.2 Å². The third-order valence-electron chi connectivity index (χ3n) is 3.80. The van der Waals surface area contributed by atoms with Crippen LogP contribution in [-0.2, 0) is 19.2 Å². The molecule has 0 unspecified atom stereocenters. The summed E-state index contributed by atoms with van der Waals surface area (Å²) in [4.78, 5) is 14.7. The fourth-order valence-electron chi connectivity index (χ4n) is 2.43. The molecule has 0 saturated heterocycles. The molecule has 0 bridgehead atoms. The van der Waals surface area contributed by atoms with Crippen LogP contribution < -0.4 is 9.84 Å². The van der Waals surface area contributed by atoms with Gasteiger partial charge in [0.2, 0.25) is 0 Å². The number of carboxylic acid groups (broad SMARTS) is 1. The molecule has 0 aliphatic carbocycles. The number of thiazole rings is 1. The lowest BCUT2D eigenvalue weighted by molar-refractivity contribution is -0.255. The number of carbonyl (C=O) groups excluding carboxylic acids is 1. The van der Waals surface area contributed by atoms with Crippen LogP contribution in [0.2, 0.25) is 0 Å². The van der Waals surface area contributed by atoms with E-state index < -0.39 is 23.5 Å². The van der Waals surface area contributed by atoms with Crippen molar-refractivity contribution in [3.8, 4) is 5.75 Å². The zero-order valence-corrected chi connectivity index (χ0v) is 14.9. The van der Waals surface area contributed by atoms with Crippen LogP contribution in [0.15, 0.2) is 47.8 Å². The first-order chi connectivity index (χ1) is 13.2. The smallest absolute Gasteiger partial charge is 0.416 e. The summed E-state index contributed by atoms with van der Waals surface area (Å²) in [5.41, 5.74) is -0.286. The van der Waals surface area contributed by atoms with E-state index in [1.807, 2.05) is 0 Å². The number of alkyl halides is 3. The minimum atomic E-state index is -4.54. The number of hydrogen-bond donors (Lipinski definition) is 0. The predicted molar refractivity (Wildman–Crippen MR) is 91.4 cm³/mol. The van der Waals surface area contributed by atoms with Gasteiger partial charge in [0.05, 0.1) is 22.2 Å². The van der Waals surface area contributed by atoms with Gasteiger partial charge in [-0.3, -0.25) is 0 Å². The van der Waals surface area contributed by atoms with Gasteiger partial charge in [-0.05, 0) is 35.9 Å². The number of carbonyl (C=O) groups is 1. The molecule has 0 aliphatic rings. The molecule has 0 N–H and O–H groups in total. The molecule has 1 heterocycles. The Bertz CT molecular complexity index is 984. The van der Waals surface area contributed by atoms with Crippen LogP contribution in [0.4, 0.5) is 17.6 Å². The molecular formula is C19H12F4NO3S-. The van der Waals surface area contributed by atoms with Crippen molar-refractivity contribution >= 4 is 17.3 Å². The van der Waals surface area contributed by atoms with Gasteiger partial charge in [-0.2, -0.15) is 13.2 Å². The molecule has 0 atom stereocenters. The largest absolute Gasteiger partial charge is 0.543 e. The van der Waals surface area contributed by atoms with Crippen molar-refractivity contribution in [1.29, 1.82) is 0 Å². The van der Waals surface area contributed by atoms with Crippen LogP contribution >= 0.6 is 11.3 Å². The summed E-state index contributed by atoms with van der Waals surface area (Å²) < 4.78 is 57.8. The Kier molecular flexibility index (Phi) is 5.64. The number of benzene rings is 2. The number of hydrogen-bond acceptors (Lipinski definition) is 5. The summed E-state index contributed by atoms with van der Waals surface area (Å²) in [5, 5.41) is 12.4. The molecule has 9 heteroatoms. The molecule has 0 radical (unpaired) electrons. The van der Waals surface area contributed by atoms with E-state index in [0.717, 1.165) is 23.5 Å². The quantitative estimate of drug-likeness (QED) is 0.580. The molecule has 2 aromatic carbocycles. The molecule has 0 saturated carbocycles. The lowest BCUT2D eigenvalue weighted by Gasteiger charge is -2.14. The van der Waals surface area contributed by atoms with Gasteiger partial charge >= 0.3 is 6.18 Å². The van der Waals surface area contributed by atoms with Gasteiger partial charge in [0.15, 0.2) is 0 Å². The molecular weight excluding hydrogens is 398 g/mol. The Morgan fingerprint density at radius 3 is 2.46 bits per heavy atom. The zero-order chi connectivity index (χ0) is 20.3. The number of ether oxygens (including phenoxy) is 1. The van der Waals surface area contributed by atoms with Gasteiger partial charge in [-0.15, -0.1) is 11.3 Å². The highest BCUT2D eigenvalue weighted by Crippen LogP contribution is 2.34. The number of rotatable bonds is 6. The molecule has 146 valence electrons. The van der Waals surface area contributed by atoms with E-state index >= 15 is 0 Å². The van der Waals surface area contributed by atoms with E-state index in [9.17, 15) is 27.5 Å². The Morgan fingerprint density at radius 2 is 1.86 bits per heavy atom. The van der Waals surface area contributed by atoms with E-state index in [1.165, 1.54) is 35.7 Å². The first kappa shape index (κ1) is 19.8. The van der Waals surface area contributed by atoms with Crippen molar-refractivity contribution in [2.45, 2.75) is 19.2 Å². The third kappa shape index (κ3) is 4.86. The number of aromatic nitrogens is 1. The van der Waals surface area contributed by atoms with Gasteiger partial charge in [0.1, 0.15) is 18.2 Å². The Labute approximate surface area is 161 Å². The Balaban J connectivity index is 1.87. The average molecular weight is 410 g/mol. The van der Waals surface area contributed by atoms with Crippen molar-refractivity contribution in [3.05, 3.63) is 81.1 Å². The SMILES string of the molecule is O=C([O-])c1csc(Cc2cc(C(F)(F)F)ccc2OCc2ccc(F)cc2)n1. The van der Waals surface area contributed by atoms with Crippen LogP contribution in [-0.4, -0.2) is 11.0 Å². The fraction of sp³-hybridized carbons (Fsp3) is 0.158. The molecule has 1 aromatic heterocycles. The second-order valence-electron chi connectivity index (χ2n) is 5.83. The lowest BCUT2D eigenvalue weighted by atomic mass is 10.1. The number of halogens is 4. The second kappa shape index (κ2) is 7.97. The number of carboxylic acids is 1. The van der Waals surface area contributed by atoms with Gasteiger partial charge in [-0.25, -0.2) is 9.37 Å². The second-order valence-corrected chi connectivity index (χ2v) is 6.77. The highest BCUT2D eigenvalue weighted by Gasteiger charge is 2.31. The Morgan fingerprint density at radius 1 is 1.14 bits per heavy atom. The maximum absolute atomic E-state index is 13.1. The summed E-state index contributed by atoms with van der Waals surface area (Å²) in [5.74, 6) is -1.67. The van der Waals surface area contributed by atoms with Gasteiger partial charge < -0.3 is 14.6 Å². The molecule has 4 nitrogen and oxygen atoms in total. The fourth-order valence-corrected chi connectivity index (χ4v) is 3.21. The summed E-state index contributed by atoms with van der Waals surface area (Å²) in [6.45, 7) is 0.0286. The molecule has 28 heavy (non-hydrogen) atoms. The average Bonchev–Trinajstić information content (AvgIpc) is 3.10. The highest BCUT2D eigenvalue weighted by atomic mass is 32.1. The first-order valence-electron chi connectivity index (χ1n) is 7.95. The number of aromatic carboxylic acids is 1. The van der Waals surface area contributed by atoms with Crippen molar-refractivity contribution in [2.24, 2.45) is 0 Å². The van der Waals surface area contributed by atoms with E-state index in [4.69, 9.17) is 4.74 Å². The monoisotopic (exact) mass is 410 g/mol. The van der Waals surface area contributed by atoms with Crippen LogP contribution in [0.25, 0.3) is 0 Å². The van der Waals surface area contributed by atoms with E-state index in [-0.39, 0.29) is 30.0 Å². The van der Waals surface area contributed by atoms with E-state index in [0.29, 0.717) is 10.6 Å². The summed E-state index contributed by atoms with van der Waals surface area (Å²) in [7, 11) is 0. The Hall–Kier alpha value is -2.94. The van der Waals surface area contributed by atoms with Crippen LogP contribution in [0.3, 0.4) is 0 Å². The normalized spacial score (nSPS) is 11.4. The molecule has 3 rings (SSSR count). The molecule has 0 aliphatic heterocycles. The van der Waals surface area contributed by atoms with Gasteiger partial charge in [-0.1, -0.05) is 12.1 Å². The minimum Gasteiger partial charge on any atom is -0.543 e. The van der Waals surface area contributed by atoms with Crippen molar-refractivity contribution in [2.75, 3.05) is 0 Å². The van der Waals surface area contributed by atoms with Crippen LogP contribution in [0.5, 0.6) is 5.75 Å². The van der Waals surface area contributed by atoms with Crippen molar-refractivity contribution in [3.63, 3.8) is 0 Å². The van der Waals surface area contributed by atoms with Crippen molar-refractivity contribution < 1.29 is 32.2 Å². The zero-order valence-electron chi connectivity index (χ0n) is 14.1. The molecule has 0 spiro atoms. The van der Waals surface area contributed by atoms with Crippen LogP contribution in [0, 0.1) is 5.82 Å². The van der Waals surface area contributed by atoms with Crippen molar-refractivity contribution in [1.82, 2.24) is 4.98 Å². The first-order valence-corrected chi connectivity index (χ1v) is 8.83. The van der Waals surface area contributed by atoms with E-state index in [1.54, 1.807) is 0 Å².